The molecule has 1 heterocycles. The van der Waals surface area contributed by atoms with Gasteiger partial charge in [0, 0.05) is 22.8 Å². The molecule has 0 aliphatic rings. The number of aromatic nitrogens is 1. The number of phenolic OH excluding ortho intramolecular Hbond substituents is 1. The van der Waals surface area contributed by atoms with Gasteiger partial charge in [-0.15, -0.1) is 0 Å². The van der Waals surface area contributed by atoms with E-state index in [1.54, 1.807) is 18.3 Å². The summed E-state index contributed by atoms with van der Waals surface area (Å²) in [6.07, 6.45) is 4.32. The van der Waals surface area contributed by atoms with E-state index in [2.05, 4.69) is 4.98 Å². The summed E-state index contributed by atoms with van der Waals surface area (Å²) in [5, 5.41) is 12.6. The van der Waals surface area contributed by atoms with E-state index in [1.807, 2.05) is 30.5 Å². The van der Waals surface area contributed by atoms with E-state index < -0.39 is 0 Å². The van der Waals surface area contributed by atoms with Crippen LogP contribution in [0.3, 0.4) is 0 Å². The first-order valence-corrected chi connectivity index (χ1v) is 6.93. The first-order valence-electron chi connectivity index (χ1n) is 6.55. The van der Waals surface area contributed by atoms with Gasteiger partial charge in [-0.25, -0.2) is 0 Å². The Morgan fingerprint density at radius 3 is 2.62 bits per heavy atom. The number of aromatic hydroxyl groups is 1. The van der Waals surface area contributed by atoms with Crippen LogP contribution in [0.4, 0.5) is 0 Å². The Bertz CT molecular complexity index is 785. The molecule has 3 rings (SSSR count). The molecule has 0 amide bonds. The zero-order chi connectivity index (χ0) is 14.8. The molecule has 0 atom stereocenters. The lowest BCUT2D eigenvalue weighted by Gasteiger charge is -2.09. The number of ether oxygens (including phenoxy) is 1. The number of halogens is 1. The molecule has 21 heavy (non-hydrogen) atoms. The van der Waals surface area contributed by atoms with Gasteiger partial charge in [-0.2, -0.15) is 0 Å². The second-order valence-corrected chi connectivity index (χ2v) is 5.28. The van der Waals surface area contributed by atoms with E-state index >= 15 is 0 Å². The fraction of sp³-hybridized carbons (Fsp3) is 0.118. The third kappa shape index (κ3) is 2.78. The highest BCUT2D eigenvalue weighted by Gasteiger charge is 2.08. The van der Waals surface area contributed by atoms with Crippen LogP contribution in [0, 0.1) is 0 Å². The van der Waals surface area contributed by atoms with Crippen molar-refractivity contribution in [2.24, 2.45) is 0 Å². The summed E-state index contributed by atoms with van der Waals surface area (Å²) in [5.74, 6) is 0.585. The molecule has 0 aliphatic heterocycles. The Morgan fingerprint density at radius 2 is 1.90 bits per heavy atom. The van der Waals surface area contributed by atoms with Crippen molar-refractivity contribution in [1.29, 1.82) is 0 Å². The minimum atomic E-state index is 0.133. The Hall–Kier alpha value is -2.26. The molecule has 0 radical (unpaired) electrons. The quantitative estimate of drug-likeness (QED) is 0.788. The van der Waals surface area contributed by atoms with Crippen molar-refractivity contribution in [3.8, 4) is 11.5 Å². The van der Waals surface area contributed by atoms with Crippen molar-refractivity contribution in [2.45, 2.75) is 6.42 Å². The number of pyridine rings is 1. The van der Waals surface area contributed by atoms with Gasteiger partial charge >= 0.3 is 0 Å². The molecule has 0 saturated heterocycles. The molecule has 3 aromatic rings. The van der Waals surface area contributed by atoms with Gasteiger partial charge in [-0.1, -0.05) is 23.7 Å². The number of benzene rings is 2. The predicted molar refractivity (Wildman–Crippen MR) is 84.2 cm³/mol. The molecule has 0 fully saturated rings. The number of hydrogen-bond donors (Lipinski definition) is 1. The van der Waals surface area contributed by atoms with Crippen molar-refractivity contribution in [3.63, 3.8) is 0 Å². The maximum atomic E-state index is 9.97. The molecule has 4 heteroatoms. The summed E-state index contributed by atoms with van der Waals surface area (Å²) >= 11 is 5.90. The van der Waals surface area contributed by atoms with E-state index in [-0.39, 0.29) is 5.75 Å². The smallest absolute Gasteiger partial charge is 0.161 e. The Morgan fingerprint density at radius 1 is 1.14 bits per heavy atom. The van der Waals surface area contributed by atoms with Gasteiger partial charge in [0.2, 0.25) is 0 Å². The van der Waals surface area contributed by atoms with Crippen LogP contribution >= 0.6 is 11.6 Å². The lowest BCUT2D eigenvalue weighted by molar-refractivity contribution is 0.374. The number of nitrogens with zero attached hydrogens (tertiary/aromatic N) is 1. The molecular weight excluding hydrogens is 286 g/mol. The standard InChI is InChI=1S/C17H14ClNO2/c1-21-17-7-13-10-19-9-12(15(13)8-16(17)20)6-11-2-4-14(18)5-3-11/h2-5,7-10,20H,6H2,1H3. The summed E-state index contributed by atoms with van der Waals surface area (Å²) in [6.45, 7) is 0. The molecule has 0 bridgehead atoms. The normalized spacial score (nSPS) is 10.8. The number of methoxy groups -OCH3 is 1. The van der Waals surface area contributed by atoms with Gasteiger partial charge in [-0.05, 0) is 47.2 Å². The molecule has 2 aromatic carbocycles. The van der Waals surface area contributed by atoms with Crippen LogP contribution in [0.2, 0.25) is 5.02 Å². The van der Waals surface area contributed by atoms with Crippen LogP contribution in [-0.2, 0) is 6.42 Å². The Kier molecular flexibility index (Phi) is 3.67. The zero-order valence-electron chi connectivity index (χ0n) is 11.5. The second-order valence-electron chi connectivity index (χ2n) is 4.85. The van der Waals surface area contributed by atoms with Crippen LogP contribution in [0.15, 0.2) is 48.8 Å². The Labute approximate surface area is 127 Å². The summed E-state index contributed by atoms with van der Waals surface area (Å²) < 4.78 is 5.13. The zero-order valence-corrected chi connectivity index (χ0v) is 12.3. The first-order chi connectivity index (χ1) is 10.2. The third-order valence-corrected chi connectivity index (χ3v) is 3.70. The molecule has 0 aliphatic carbocycles. The van der Waals surface area contributed by atoms with E-state index in [0.717, 1.165) is 33.3 Å². The van der Waals surface area contributed by atoms with Gasteiger partial charge in [0.15, 0.2) is 11.5 Å². The molecular formula is C17H14ClNO2. The van der Waals surface area contributed by atoms with E-state index in [1.165, 1.54) is 7.11 Å². The highest BCUT2D eigenvalue weighted by atomic mass is 35.5. The largest absolute Gasteiger partial charge is 0.504 e. The topological polar surface area (TPSA) is 42.4 Å². The molecule has 106 valence electrons. The summed E-state index contributed by atoms with van der Waals surface area (Å²) in [7, 11) is 1.53. The van der Waals surface area contributed by atoms with Crippen LogP contribution in [0.5, 0.6) is 11.5 Å². The highest BCUT2D eigenvalue weighted by Crippen LogP contribution is 2.32. The Balaban J connectivity index is 2.06. The average Bonchev–Trinajstić information content (AvgIpc) is 2.49. The van der Waals surface area contributed by atoms with Crippen molar-refractivity contribution >= 4 is 22.4 Å². The SMILES string of the molecule is COc1cc2cncc(Cc3ccc(Cl)cc3)c2cc1O. The monoisotopic (exact) mass is 299 g/mol. The van der Waals surface area contributed by atoms with Gasteiger partial charge in [-0.3, -0.25) is 4.98 Å². The maximum absolute atomic E-state index is 9.97. The average molecular weight is 300 g/mol. The van der Waals surface area contributed by atoms with Crippen LogP contribution in [-0.4, -0.2) is 17.2 Å². The van der Waals surface area contributed by atoms with Crippen molar-refractivity contribution in [3.05, 3.63) is 64.9 Å². The van der Waals surface area contributed by atoms with Crippen molar-refractivity contribution in [2.75, 3.05) is 7.11 Å². The molecule has 0 saturated carbocycles. The number of fused-ring (bicyclic) bond motifs is 1. The number of hydrogen-bond acceptors (Lipinski definition) is 3. The lowest BCUT2D eigenvalue weighted by Crippen LogP contribution is -1.92. The van der Waals surface area contributed by atoms with Crippen LogP contribution < -0.4 is 4.74 Å². The molecule has 0 unspecified atom stereocenters. The number of phenols is 1. The van der Waals surface area contributed by atoms with Crippen molar-refractivity contribution in [1.82, 2.24) is 4.98 Å². The fourth-order valence-corrected chi connectivity index (χ4v) is 2.50. The minimum Gasteiger partial charge on any atom is -0.504 e. The second kappa shape index (κ2) is 5.62. The van der Waals surface area contributed by atoms with E-state index in [0.29, 0.717) is 5.75 Å². The fourth-order valence-electron chi connectivity index (χ4n) is 2.37. The van der Waals surface area contributed by atoms with Crippen LogP contribution in [0.25, 0.3) is 10.8 Å². The minimum absolute atomic E-state index is 0.133. The molecule has 3 nitrogen and oxygen atoms in total. The van der Waals surface area contributed by atoms with E-state index in [4.69, 9.17) is 16.3 Å². The summed E-state index contributed by atoms with van der Waals surface area (Å²) in [5.41, 5.74) is 2.19. The van der Waals surface area contributed by atoms with Gasteiger partial charge in [0.25, 0.3) is 0 Å². The first kappa shape index (κ1) is 13.7. The van der Waals surface area contributed by atoms with Gasteiger partial charge < -0.3 is 9.84 Å². The lowest BCUT2D eigenvalue weighted by atomic mass is 10.0. The maximum Gasteiger partial charge on any atom is 0.161 e. The van der Waals surface area contributed by atoms with Crippen LogP contribution in [0.1, 0.15) is 11.1 Å². The number of rotatable bonds is 3. The predicted octanol–water partition coefficient (Wildman–Crippen LogP) is 4.19. The highest BCUT2D eigenvalue weighted by molar-refractivity contribution is 6.30. The molecule has 0 spiro atoms. The molecule has 1 N–H and O–H groups in total. The molecule has 1 aromatic heterocycles. The van der Waals surface area contributed by atoms with Gasteiger partial charge in [0.05, 0.1) is 7.11 Å². The third-order valence-electron chi connectivity index (χ3n) is 3.45. The summed E-state index contributed by atoms with van der Waals surface area (Å²) in [4.78, 5) is 4.27. The van der Waals surface area contributed by atoms with Crippen molar-refractivity contribution < 1.29 is 9.84 Å². The van der Waals surface area contributed by atoms with Gasteiger partial charge in [0.1, 0.15) is 0 Å². The van der Waals surface area contributed by atoms with E-state index in [9.17, 15) is 5.11 Å². The summed E-state index contributed by atoms with van der Waals surface area (Å²) in [6, 6.07) is 11.2.